The van der Waals surface area contributed by atoms with Gasteiger partial charge in [0.2, 0.25) is 0 Å². The molecule has 3 heteroatoms. The highest BCUT2D eigenvalue weighted by molar-refractivity contribution is 5.47. The zero-order chi connectivity index (χ0) is 12.7. The van der Waals surface area contributed by atoms with Crippen LogP contribution in [0.4, 0.5) is 0 Å². The van der Waals surface area contributed by atoms with Crippen LogP contribution in [0, 0.1) is 0 Å². The van der Waals surface area contributed by atoms with Gasteiger partial charge < -0.3 is 22.6 Å². The standard InChI is InChI=1S/C15H25N2.ClH/c1-4-14-6-8-15(9-7-14)10-13-17(2,3)12-5-11-16;/h4,6-9H,1,5,10-13,16H2,2-3H3;1H/q+1;/p-1. The zero-order valence-corrected chi connectivity index (χ0v) is 12.3. The molecule has 0 atom stereocenters. The Labute approximate surface area is 117 Å². The number of nitrogens with zero attached hydrogens (tertiary/aromatic N) is 1. The molecule has 18 heavy (non-hydrogen) atoms. The first-order chi connectivity index (χ1) is 8.07. The van der Waals surface area contributed by atoms with Gasteiger partial charge in [0.15, 0.2) is 0 Å². The van der Waals surface area contributed by atoms with Crippen LogP contribution < -0.4 is 18.1 Å². The second-order valence-corrected chi connectivity index (χ2v) is 5.22. The van der Waals surface area contributed by atoms with E-state index in [0.29, 0.717) is 0 Å². The van der Waals surface area contributed by atoms with Gasteiger partial charge >= 0.3 is 0 Å². The maximum absolute atomic E-state index is 5.56. The van der Waals surface area contributed by atoms with Crippen LogP contribution in [-0.4, -0.2) is 38.2 Å². The Bertz CT molecular complexity index is 344. The summed E-state index contributed by atoms with van der Waals surface area (Å²) < 4.78 is 1.04. The number of hydrogen-bond acceptors (Lipinski definition) is 1. The molecule has 0 amide bonds. The Morgan fingerprint density at radius 1 is 1.17 bits per heavy atom. The van der Waals surface area contributed by atoms with Crippen LogP contribution in [0.15, 0.2) is 30.8 Å². The molecule has 0 radical (unpaired) electrons. The topological polar surface area (TPSA) is 26.0 Å². The lowest BCUT2D eigenvalue weighted by atomic mass is 10.1. The Morgan fingerprint density at radius 2 is 1.78 bits per heavy atom. The SMILES string of the molecule is C=Cc1ccc(CC[N+](C)(C)CCCN)cc1.[Cl-]. The molecule has 0 bridgehead atoms. The van der Waals surface area contributed by atoms with E-state index in [4.69, 9.17) is 5.73 Å². The largest absolute Gasteiger partial charge is 1.00 e. The van der Waals surface area contributed by atoms with Crippen LogP contribution in [0.1, 0.15) is 17.5 Å². The Hall–Kier alpha value is -0.830. The monoisotopic (exact) mass is 268 g/mol. The van der Waals surface area contributed by atoms with Crippen molar-refractivity contribution in [2.75, 3.05) is 33.7 Å². The number of likely N-dealkylation sites (N-methyl/N-ethyl adjacent to an activating group) is 1. The van der Waals surface area contributed by atoms with Crippen molar-refractivity contribution in [1.82, 2.24) is 0 Å². The van der Waals surface area contributed by atoms with Gasteiger partial charge in [-0.1, -0.05) is 36.9 Å². The minimum atomic E-state index is 0. The minimum Gasteiger partial charge on any atom is -1.00 e. The van der Waals surface area contributed by atoms with Crippen LogP contribution in [0.25, 0.3) is 6.08 Å². The predicted octanol–water partition coefficient (Wildman–Crippen LogP) is -0.699. The second-order valence-electron chi connectivity index (χ2n) is 5.22. The Morgan fingerprint density at radius 3 is 2.28 bits per heavy atom. The fourth-order valence-corrected chi connectivity index (χ4v) is 1.88. The molecule has 2 nitrogen and oxygen atoms in total. The second kappa shape index (κ2) is 8.30. The quantitative estimate of drug-likeness (QED) is 0.651. The van der Waals surface area contributed by atoms with Crippen molar-refractivity contribution in [2.24, 2.45) is 5.73 Å². The number of benzene rings is 1. The van der Waals surface area contributed by atoms with Gasteiger partial charge in [0, 0.05) is 12.8 Å². The molecule has 2 N–H and O–H groups in total. The lowest BCUT2D eigenvalue weighted by Crippen LogP contribution is -3.00. The van der Waals surface area contributed by atoms with Gasteiger partial charge in [-0.25, -0.2) is 0 Å². The van der Waals surface area contributed by atoms with Gasteiger partial charge in [0.1, 0.15) is 0 Å². The van der Waals surface area contributed by atoms with Crippen molar-refractivity contribution in [3.63, 3.8) is 0 Å². The summed E-state index contributed by atoms with van der Waals surface area (Å²) in [6.07, 6.45) is 4.10. The smallest absolute Gasteiger partial charge is 0.0823 e. The fourth-order valence-electron chi connectivity index (χ4n) is 1.88. The predicted molar refractivity (Wildman–Crippen MR) is 75.8 cm³/mol. The summed E-state index contributed by atoms with van der Waals surface area (Å²) in [6, 6.07) is 8.64. The normalized spacial score (nSPS) is 10.8. The van der Waals surface area contributed by atoms with E-state index in [-0.39, 0.29) is 12.4 Å². The molecule has 1 aromatic carbocycles. The lowest BCUT2D eigenvalue weighted by Gasteiger charge is -2.29. The molecular weight excluding hydrogens is 244 g/mol. The van der Waals surface area contributed by atoms with Gasteiger partial charge in [-0.2, -0.15) is 0 Å². The molecule has 0 aliphatic carbocycles. The first-order valence-corrected chi connectivity index (χ1v) is 6.31. The summed E-state index contributed by atoms with van der Waals surface area (Å²) in [4.78, 5) is 0. The summed E-state index contributed by atoms with van der Waals surface area (Å²) in [6.45, 7) is 6.87. The highest BCUT2D eigenvalue weighted by Gasteiger charge is 2.13. The Balaban J connectivity index is 0.00000289. The van der Waals surface area contributed by atoms with Crippen molar-refractivity contribution >= 4 is 6.08 Å². The molecule has 1 aromatic rings. The molecule has 102 valence electrons. The number of hydrogen-bond donors (Lipinski definition) is 1. The van der Waals surface area contributed by atoms with Crippen molar-refractivity contribution in [1.29, 1.82) is 0 Å². The van der Waals surface area contributed by atoms with E-state index in [0.717, 1.165) is 37.0 Å². The number of halogens is 1. The first kappa shape index (κ1) is 17.2. The maximum Gasteiger partial charge on any atom is 0.0823 e. The minimum absolute atomic E-state index is 0. The van der Waals surface area contributed by atoms with Crippen LogP contribution in [0.2, 0.25) is 0 Å². The number of nitrogens with two attached hydrogens (primary N) is 1. The third kappa shape index (κ3) is 6.20. The number of quaternary nitrogens is 1. The van der Waals surface area contributed by atoms with Crippen LogP contribution in [0.3, 0.4) is 0 Å². The molecule has 0 aromatic heterocycles. The van der Waals surface area contributed by atoms with E-state index in [1.807, 2.05) is 6.08 Å². The zero-order valence-electron chi connectivity index (χ0n) is 11.5. The lowest BCUT2D eigenvalue weighted by molar-refractivity contribution is -0.890. The fraction of sp³-hybridized carbons (Fsp3) is 0.467. The first-order valence-electron chi connectivity index (χ1n) is 6.31. The molecule has 0 unspecified atom stereocenters. The molecule has 0 fully saturated rings. The number of rotatable bonds is 7. The molecular formula is C15H25ClN2. The van der Waals surface area contributed by atoms with E-state index < -0.39 is 0 Å². The van der Waals surface area contributed by atoms with E-state index in [2.05, 4.69) is 44.9 Å². The average molecular weight is 269 g/mol. The van der Waals surface area contributed by atoms with Gasteiger partial charge in [-0.3, -0.25) is 0 Å². The Kier molecular flexibility index (Phi) is 7.92. The van der Waals surface area contributed by atoms with Crippen molar-refractivity contribution in [2.45, 2.75) is 12.8 Å². The van der Waals surface area contributed by atoms with Crippen molar-refractivity contribution in [3.8, 4) is 0 Å². The van der Waals surface area contributed by atoms with E-state index in [1.54, 1.807) is 0 Å². The average Bonchev–Trinajstić information content (AvgIpc) is 2.35. The summed E-state index contributed by atoms with van der Waals surface area (Å²) in [5.41, 5.74) is 8.14. The van der Waals surface area contributed by atoms with E-state index in [1.165, 1.54) is 11.1 Å². The van der Waals surface area contributed by atoms with E-state index >= 15 is 0 Å². The molecule has 0 aliphatic heterocycles. The van der Waals surface area contributed by atoms with Crippen LogP contribution in [0.5, 0.6) is 0 Å². The molecule has 0 spiro atoms. The molecule has 1 rings (SSSR count). The summed E-state index contributed by atoms with van der Waals surface area (Å²) in [5.74, 6) is 0. The highest BCUT2D eigenvalue weighted by atomic mass is 35.5. The molecule has 0 aliphatic rings. The van der Waals surface area contributed by atoms with Crippen LogP contribution >= 0.6 is 0 Å². The third-order valence-corrected chi connectivity index (χ3v) is 3.19. The summed E-state index contributed by atoms with van der Waals surface area (Å²) in [7, 11) is 4.54. The van der Waals surface area contributed by atoms with E-state index in [9.17, 15) is 0 Å². The van der Waals surface area contributed by atoms with Crippen molar-refractivity contribution < 1.29 is 16.9 Å². The van der Waals surface area contributed by atoms with Crippen molar-refractivity contribution in [3.05, 3.63) is 42.0 Å². The van der Waals surface area contributed by atoms with Gasteiger partial charge in [-0.15, -0.1) is 0 Å². The van der Waals surface area contributed by atoms with Gasteiger partial charge in [0.05, 0.1) is 27.2 Å². The summed E-state index contributed by atoms with van der Waals surface area (Å²) >= 11 is 0. The summed E-state index contributed by atoms with van der Waals surface area (Å²) in [5, 5.41) is 0. The van der Waals surface area contributed by atoms with Crippen LogP contribution in [-0.2, 0) is 6.42 Å². The van der Waals surface area contributed by atoms with Gasteiger partial charge in [-0.05, 0) is 17.7 Å². The maximum atomic E-state index is 5.56. The molecule has 0 saturated carbocycles. The molecule has 0 heterocycles. The highest BCUT2D eigenvalue weighted by Crippen LogP contribution is 2.08. The van der Waals surface area contributed by atoms with Gasteiger partial charge in [0.25, 0.3) is 0 Å². The third-order valence-electron chi connectivity index (χ3n) is 3.19. The molecule has 0 saturated heterocycles.